The maximum Gasteiger partial charge on any atom is 0.191 e. The molecule has 2 aromatic rings. The molecule has 0 saturated heterocycles. The topological polar surface area (TPSA) is 70.4 Å². The molecule has 0 radical (unpaired) electrons. The maximum absolute atomic E-state index is 4.31. The summed E-state index contributed by atoms with van der Waals surface area (Å²) in [7, 11) is 1.80. The molecule has 156 valence electrons. The SMILES string of the molecule is CN=C(NCCCN(C(C)C)C(C)C)NCc1ccc(-n2cncn2)cc1.I. The summed E-state index contributed by atoms with van der Waals surface area (Å²) in [5, 5.41) is 10.9. The highest BCUT2D eigenvalue weighted by Gasteiger charge is 2.12. The standard InChI is InChI=1S/C20H33N7.HI/c1-16(2)26(17(3)4)12-6-11-23-20(21-5)24-13-18-7-9-19(10-8-18)27-15-22-14-25-27;/h7-10,14-17H,6,11-13H2,1-5H3,(H2,21,23,24);1H. The van der Waals surface area contributed by atoms with Crippen LogP contribution in [0.2, 0.25) is 0 Å². The Hall–Kier alpha value is -1.68. The highest BCUT2D eigenvalue weighted by molar-refractivity contribution is 14.0. The van der Waals surface area contributed by atoms with Crippen molar-refractivity contribution >= 4 is 29.9 Å². The minimum atomic E-state index is 0. The maximum atomic E-state index is 4.31. The lowest BCUT2D eigenvalue weighted by Crippen LogP contribution is -2.41. The summed E-state index contributed by atoms with van der Waals surface area (Å²) in [4.78, 5) is 10.8. The molecule has 2 rings (SSSR count). The van der Waals surface area contributed by atoms with Crippen molar-refractivity contribution in [1.29, 1.82) is 0 Å². The highest BCUT2D eigenvalue weighted by Crippen LogP contribution is 2.08. The number of aromatic nitrogens is 3. The Morgan fingerprint density at radius 2 is 1.79 bits per heavy atom. The third-order valence-corrected chi connectivity index (χ3v) is 4.52. The summed E-state index contributed by atoms with van der Waals surface area (Å²) < 4.78 is 1.75. The Morgan fingerprint density at radius 3 is 2.32 bits per heavy atom. The molecule has 0 spiro atoms. The van der Waals surface area contributed by atoms with Crippen LogP contribution in [0.1, 0.15) is 39.7 Å². The lowest BCUT2D eigenvalue weighted by molar-refractivity contribution is 0.173. The van der Waals surface area contributed by atoms with Crippen molar-refractivity contribution in [2.75, 3.05) is 20.1 Å². The van der Waals surface area contributed by atoms with Gasteiger partial charge < -0.3 is 10.6 Å². The van der Waals surface area contributed by atoms with Gasteiger partial charge in [-0.25, -0.2) is 9.67 Å². The van der Waals surface area contributed by atoms with E-state index in [4.69, 9.17) is 0 Å². The summed E-state index contributed by atoms with van der Waals surface area (Å²) in [6, 6.07) is 9.38. The average molecular weight is 499 g/mol. The van der Waals surface area contributed by atoms with Gasteiger partial charge in [-0.3, -0.25) is 9.89 Å². The van der Waals surface area contributed by atoms with Crippen molar-refractivity contribution < 1.29 is 0 Å². The lowest BCUT2D eigenvalue weighted by atomic mass is 10.2. The molecule has 1 aromatic heterocycles. The van der Waals surface area contributed by atoms with Gasteiger partial charge in [-0.2, -0.15) is 5.10 Å². The van der Waals surface area contributed by atoms with Crippen LogP contribution in [0.4, 0.5) is 0 Å². The molecule has 1 aromatic carbocycles. The van der Waals surface area contributed by atoms with Crippen LogP contribution in [0.3, 0.4) is 0 Å². The van der Waals surface area contributed by atoms with Crippen molar-refractivity contribution in [2.24, 2.45) is 4.99 Å². The van der Waals surface area contributed by atoms with Crippen LogP contribution in [0.25, 0.3) is 5.69 Å². The van der Waals surface area contributed by atoms with E-state index in [2.05, 4.69) is 70.4 Å². The fourth-order valence-electron chi connectivity index (χ4n) is 3.10. The Bertz CT molecular complexity index is 673. The molecular formula is C20H34IN7. The van der Waals surface area contributed by atoms with E-state index in [0.717, 1.165) is 37.7 Å². The molecule has 1 heterocycles. The monoisotopic (exact) mass is 499 g/mol. The summed E-state index contributed by atoms with van der Waals surface area (Å²) >= 11 is 0. The normalized spacial score (nSPS) is 11.8. The number of nitrogens with zero attached hydrogens (tertiary/aromatic N) is 5. The van der Waals surface area contributed by atoms with Gasteiger partial charge in [0.25, 0.3) is 0 Å². The van der Waals surface area contributed by atoms with Crippen LogP contribution in [0.15, 0.2) is 41.9 Å². The number of guanidine groups is 1. The van der Waals surface area contributed by atoms with E-state index in [9.17, 15) is 0 Å². The van der Waals surface area contributed by atoms with Crippen LogP contribution < -0.4 is 10.6 Å². The number of rotatable bonds is 9. The second-order valence-electron chi connectivity index (χ2n) is 7.14. The van der Waals surface area contributed by atoms with Gasteiger partial charge in [0, 0.05) is 38.8 Å². The zero-order chi connectivity index (χ0) is 19.6. The first kappa shape index (κ1) is 24.4. The largest absolute Gasteiger partial charge is 0.356 e. The van der Waals surface area contributed by atoms with E-state index in [0.29, 0.717) is 12.1 Å². The number of aliphatic imine (C=N–C) groups is 1. The molecule has 0 aliphatic heterocycles. The smallest absolute Gasteiger partial charge is 0.191 e. The summed E-state index contributed by atoms with van der Waals surface area (Å²) in [6.45, 7) is 11.7. The van der Waals surface area contributed by atoms with E-state index >= 15 is 0 Å². The summed E-state index contributed by atoms with van der Waals surface area (Å²) in [5.41, 5.74) is 2.19. The second kappa shape index (κ2) is 12.7. The summed E-state index contributed by atoms with van der Waals surface area (Å²) in [6.07, 6.45) is 4.31. The Morgan fingerprint density at radius 1 is 1.11 bits per heavy atom. The molecular weight excluding hydrogens is 465 g/mol. The molecule has 0 unspecified atom stereocenters. The van der Waals surface area contributed by atoms with Crippen molar-refractivity contribution in [3.05, 3.63) is 42.5 Å². The van der Waals surface area contributed by atoms with Crippen LogP contribution in [-0.4, -0.2) is 57.8 Å². The Kier molecular flexibility index (Phi) is 11.1. The van der Waals surface area contributed by atoms with E-state index in [1.54, 1.807) is 18.1 Å². The predicted molar refractivity (Wildman–Crippen MR) is 127 cm³/mol. The predicted octanol–water partition coefficient (Wildman–Crippen LogP) is 3.06. The van der Waals surface area contributed by atoms with E-state index in [1.807, 2.05) is 12.1 Å². The van der Waals surface area contributed by atoms with Gasteiger partial charge in [-0.05, 0) is 51.8 Å². The first-order valence-corrected chi connectivity index (χ1v) is 9.65. The quantitative estimate of drug-likeness (QED) is 0.240. The van der Waals surface area contributed by atoms with Gasteiger partial charge in [0.15, 0.2) is 5.96 Å². The molecule has 0 atom stereocenters. The van der Waals surface area contributed by atoms with Gasteiger partial charge >= 0.3 is 0 Å². The van der Waals surface area contributed by atoms with Gasteiger partial charge in [-0.15, -0.1) is 24.0 Å². The third-order valence-electron chi connectivity index (χ3n) is 4.52. The van der Waals surface area contributed by atoms with Crippen molar-refractivity contribution in [2.45, 2.75) is 52.7 Å². The number of hydrogen-bond acceptors (Lipinski definition) is 4. The minimum absolute atomic E-state index is 0. The number of nitrogens with one attached hydrogen (secondary N) is 2. The first-order valence-electron chi connectivity index (χ1n) is 9.65. The number of halogens is 1. The van der Waals surface area contributed by atoms with Crippen molar-refractivity contribution in [3.63, 3.8) is 0 Å². The fraction of sp³-hybridized carbons (Fsp3) is 0.550. The van der Waals surface area contributed by atoms with Gasteiger partial charge in [0.05, 0.1) is 5.69 Å². The molecule has 0 fully saturated rings. The molecule has 7 nitrogen and oxygen atoms in total. The summed E-state index contributed by atoms with van der Waals surface area (Å²) in [5.74, 6) is 0.830. The zero-order valence-electron chi connectivity index (χ0n) is 17.6. The van der Waals surface area contributed by atoms with Gasteiger partial charge in [0.2, 0.25) is 0 Å². The third kappa shape index (κ3) is 7.75. The molecule has 0 aliphatic rings. The molecule has 8 heteroatoms. The van der Waals surface area contributed by atoms with E-state index in [-0.39, 0.29) is 24.0 Å². The lowest BCUT2D eigenvalue weighted by Gasteiger charge is -2.30. The number of benzene rings is 1. The molecule has 0 bridgehead atoms. The molecule has 2 N–H and O–H groups in total. The minimum Gasteiger partial charge on any atom is -0.356 e. The Labute approximate surface area is 186 Å². The van der Waals surface area contributed by atoms with Crippen molar-refractivity contribution in [1.82, 2.24) is 30.3 Å². The van der Waals surface area contributed by atoms with E-state index in [1.165, 1.54) is 11.9 Å². The first-order chi connectivity index (χ1) is 13.0. The van der Waals surface area contributed by atoms with Crippen LogP contribution in [0.5, 0.6) is 0 Å². The number of hydrogen-bond donors (Lipinski definition) is 2. The molecule has 28 heavy (non-hydrogen) atoms. The average Bonchev–Trinajstić information content (AvgIpc) is 3.18. The highest BCUT2D eigenvalue weighted by atomic mass is 127. The van der Waals surface area contributed by atoms with Gasteiger partial charge in [0.1, 0.15) is 12.7 Å². The zero-order valence-corrected chi connectivity index (χ0v) is 19.9. The van der Waals surface area contributed by atoms with E-state index < -0.39 is 0 Å². The molecule has 0 saturated carbocycles. The van der Waals surface area contributed by atoms with Crippen LogP contribution in [0, 0.1) is 0 Å². The van der Waals surface area contributed by atoms with Crippen molar-refractivity contribution in [3.8, 4) is 5.69 Å². The Balaban J connectivity index is 0.00000392. The fourth-order valence-corrected chi connectivity index (χ4v) is 3.10. The molecule has 0 aliphatic carbocycles. The second-order valence-corrected chi connectivity index (χ2v) is 7.14. The van der Waals surface area contributed by atoms with Crippen LogP contribution in [-0.2, 0) is 6.54 Å². The van der Waals surface area contributed by atoms with Gasteiger partial charge in [-0.1, -0.05) is 12.1 Å². The molecule has 0 amide bonds. The van der Waals surface area contributed by atoms with Crippen LogP contribution >= 0.6 is 24.0 Å².